The Labute approximate surface area is 152 Å². The van der Waals surface area contributed by atoms with Gasteiger partial charge in [-0.3, -0.25) is 0 Å². The summed E-state index contributed by atoms with van der Waals surface area (Å²) < 4.78 is 21.1. The van der Waals surface area contributed by atoms with Gasteiger partial charge in [-0.15, -0.1) is 0 Å². The van der Waals surface area contributed by atoms with Crippen LogP contribution in [0.15, 0.2) is 67.3 Å². The number of imidazole rings is 1. The van der Waals surface area contributed by atoms with Gasteiger partial charge in [-0.05, 0) is 48.2 Å². The fraction of sp³-hybridized carbons (Fsp3) is 0.250. The van der Waals surface area contributed by atoms with E-state index >= 15 is 0 Å². The van der Waals surface area contributed by atoms with Crippen molar-refractivity contribution >= 4 is 11.6 Å². The molecule has 0 amide bonds. The minimum Gasteiger partial charge on any atom is -0.372 e. The summed E-state index contributed by atoms with van der Waals surface area (Å²) in [6, 6.07) is 14.3. The van der Waals surface area contributed by atoms with Crippen LogP contribution in [-0.2, 0) is 24.3 Å². The van der Waals surface area contributed by atoms with Crippen molar-refractivity contribution in [3.8, 4) is 0 Å². The van der Waals surface area contributed by atoms with Crippen LogP contribution in [0, 0.1) is 5.82 Å². The van der Waals surface area contributed by atoms with Gasteiger partial charge in [-0.2, -0.15) is 0 Å². The topological polar surface area (TPSA) is 27.1 Å². The van der Waals surface area contributed by atoms with Crippen LogP contribution < -0.4 is 0 Å². The minimum atomic E-state index is -0.235. The molecule has 3 rings (SSSR count). The van der Waals surface area contributed by atoms with Gasteiger partial charge in [0.25, 0.3) is 0 Å². The molecule has 0 N–H and O–H groups in total. The molecule has 0 aliphatic rings. The number of aryl methyl sites for hydroxylation is 1. The smallest absolute Gasteiger partial charge is 0.123 e. The van der Waals surface area contributed by atoms with Crippen LogP contribution >= 0.6 is 11.6 Å². The Hall–Kier alpha value is -2.17. The van der Waals surface area contributed by atoms with E-state index in [0.29, 0.717) is 6.61 Å². The average Bonchev–Trinajstić information content (AvgIpc) is 3.13. The zero-order chi connectivity index (χ0) is 17.5. The molecule has 0 radical (unpaired) electrons. The molecule has 25 heavy (non-hydrogen) atoms. The number of hydrogen-bond acceptors (Lipinski definition) is 2. The fourth-order valence-electron chi connectivity index (χ4n) is 2.63. The van der Waals surface area contributed by atoms with E-state index in [4.69, 9.17) is 16.3 Å². The normalized spacial score (nSPS) is 12.2. The molecular formula is C20H20ClFN2O. The lowest BCUT2D eigenvalue weighted by Crippen LogP contribution is -2.20. The summed E-state index contributed by atoms with van der Waals surface area (Å²) in [5, 5.41) is 0.742. The monoisotopic (exact) mass is 358 g/mol. The van der Waals surface area contributed by atoms with E-state index in [1.165, 1.54) is 17.7 Å². The van der Waals surface area contributed by atoms with Crippen molar-refractivity contribution in [1.29, 1.82) is 0 Å². The molecule has 0 unspecified atom stereocenters. The second-order valence-corrected chi connectivity index (χ2v) is 6.42. The van der Waals surface area contributed by atoms with Crippen LogP contribution in [0.1, 0.15) is 17.5 Å². The van der Waals surface area contributed by atoms with E-state index in [-0.39, 0.29) is 11.9 Å². The van der Waals surface area contributed by atoms with Crippen molar-refractivity contribution in [2.75, 3.05) is 0 Å². The average molecular weight is 359 g/mol. The highest BCUT2D eigenvalue weighted by Crippen LogP contribution is 2.15. The number of halogens is 2. The molecule has 0 bridgehead atoms. The van der Waals surface area contributed by atoms with Gasteiger partial charge in [-0.25, -0.2) is 9.37 Å². The maximum absolute atomic E-state index is 13.0. The number of nitrogens with zero attached hydrogens (tertiary/aromatic N) is 2. The van der Waals surface area contributed by atoms with Gasteiger partial charge in [0.2, 0.25) is 0 Å². The van der Waals surface area contributed by atoms with Gasteiger partial charge in [0.15, 0.2) is 0 Å². The summed E-state index contributed by atoms with van der Waals surface area (Å²) in [5.74, 6) is -0.235. The summed E-state index contributed by atoms with van der Waals surface area (Å²) in [6.45, 7) is 1.19. The summed E-state index contributed by atoms with van der Waals surface area (Å²) in [4.78, 5) is 4.08. The third-order valence-electron chi connectivity index (χ3n) is 4.04. The van der Waals surface area contributed by atoms with Crippen molar-refractivity contribution in [2.24, 2.45) is 0 Å². The van der Waals surface area contributed by atoms with Crippen molar-refractivity contribution in [3.63, 3.8) is 0 Å². The van der Waals surface area contributed by atoms with Crippen LogP contribution in [-0.4, -0.2) is 15.7 Å². The molecule has 2 aromatic carbocycles. The number of benzene rings is 2. The number of ether oxygens (including phenoxy) is 1. The quantitative estimate of drug-likeness (QED) is 0.573. The molecule has 3 aromatic rings. The van der Waals surface area contributed by atoms with Crippen LogP contribution in [0.5, 0.6) is 0 Å². The van der Waals surface area contributed by atoms with Crippen molar-refractivity contribution in [3.05, 3.63) is 89.2 Å². The highest BCUT2D eigenvalue weighted by molar-refractivity contribution is 6.30. The van der Waals surface area contributed by atoms with Gasteiger partial charge in [0.1, 0.15) is 5.82 Å². The Morgan fingerprint density at radius 3 is 2.44 bits per heavy atom. The molecular weight excluding hydrogens is 339 g/mol. The molecule has 0 saturated heterocycles. The van der Waals surface area contributed by atoms with E-state index in [1.807, 2.05) is 35.0 Å². The molecule has 1 aromatic heterocycles. The van der Waals surface area contributed by atoms with Gasteiger partial charge in [-0.1, -0.05) is 35.9 Å². The van der Waals surface area contributed by atoms with Crippen LogP contribution in [0.4, 0.5) is 4.39 Å². The summed E-state index contributed by atoms with van der Waals surface area (Å²) in [6.07, 6.45) is 7.29. The highest BCUT2D eigenvalue weighted by atomic mass is 35.5. The predicted octanol–water partition coefficient (Wildman–Crippen LogP) is 4.89. The third kappa shape index (κ3) is 5.69. The zero-order valence-electron chi connectivity index (χ0n) is 13.8. The molecule has 0 fully saturated rings. The van der Waals surface area contributed by atoms with E-state index in [1.54, 1.807) is 24.7 Å². The molecule has 3 nitrogen and oxygen atoms in total. The second-order valence-electron chi connectivity index (χ2n) is 5.98. The zero-order valence-corrected chi connectivity index (χ0v) is 14.6. The van der Waals surface area contributed by atoms with Crippen LogP contribution in [0.25, 0.3) is 0 Å². The van der Waals surface area contributed by atoms with E-state index in [0.717, 1.165) is 30.0 Å². The Kier molecular flexibility index (Phi) is 6.20. The van der Waals surface area contributed by atoms with E-state index < -0.39 is 0 Å². The highest BCUT2D eigenvalue weighted by Gasteiger charge is 2.11. The van der Waals surface area contributed by atoms with E-state index in [2.05, 4.69) is 4.98 Å². The number of hydrogen-bond donors (Lipinski definition) is 0. The minimum absolute atomic E-state index is 0.0370. The van der Waals surface area contributed by atoms with E-state index in [9.17, 15) is 4.39 Å². The molecule has 0 aliphatic carbocycles. The van der Waals surface area contributed by atoms with Gasteiger partial charge in [0, 0.05) is 24.0 Å². The second kappa shape index (κ2) is 8.79. The maximum Gasteiger partial charge on any atom is 0.123 e. The first kappa shape index (κ1) is 17.6. The number of rotatable bonds is 8. The molecule has 5 heteroatoms. The Balaban J connectivity index is 1.59. The molecule has 0 spiro atoms. The predicted molar refractivity (Wildman–Crippen MR) is 97.0 cm³/mol. The Bertz CT molecular complexity index is 708. The Morgan fingerprint density at radius 1 is 1.04 bits per heavy atom. The van der Waals surface area contributed by atoms with Crippen molar-refractivity contribution in [1.82, 2.24) is 9.55 Å². The number of aromatic nitrogens is 2. The lowest BCUT2D eigenvalue weighted by atomic mass is 10.1. The fourth-order valence-corrected chi connectivity index (χ4v) is 2.76. The first-order valence-electron chi connectivity index (χ1n) is 8.25. The van der Waals surface area contributed by atoms with Crippen molar-refractivity contribution < 1.29 is 9.13 Å². The molecule has 1 heterocycles. The summed E-state index contributed by atoms with van der Waals surface area (Å²) >= 11 is 5.94. The van der Waals surface area contributed by atoms with Gasteiger partial charge < -0.3 is 9.30 Å². The Morgan fingerprint density at radius 2 is 1.76 bits per heavy atom. The van der Waals surface area contributed by atoms with Crippen LogP contribution in [0.3, 0.4) is 0 Å². The molecule has 0 saturated carbocycles. The van der Waals surface area contributed by atoms with Crippen LogP contribution in [0.2, 0.25) is 5.02 Å². The lowest BCUT2D eigenvalue weighted by Gasteiger charge is -2.19. The first-order valence-corrected chi connectivity index (χ1v) is 8.63. The largest absolute Gasteiger partial charge is 0.372 e. The third-order valence-corrected chi connectivity index (χ3v) is 4.29. The molecule has 1 atom stereocenters. The summed E-state index contributed by atoms with van der Waals surface area (Å²) in [7, 11) is 0. The molecule has 0 aliphatic heterocycles. The van der Waals surface area contributed by atoms with Gasteiger partial charge in [0.05, 0.1) is 19.0 Å². The maximum atomic E-state index is 13.0. The summed E-state index contributed by atoms with van der Waals surface area (Å²) in [5.41, 5.74) is 2.19. The van der Waals surface area contributed by atoms with Crippen molar-refractivity contribution in [2.45, 2.75) is 32.1 Å². The lowest BCUT2D eigenvalue weighted by molar-refractivity contribution is 0.0239. The first-order chi connectivity index (χ1) is 12.2. The van der Waals surface area contributed by atoms with Gasteiger partial charge >= 0.3 is 0 Å². The molecule has 130 valence electrons. The SMILES string of the molecule is Fc1ccc(CO[C@@H](CCc2ccc(Cl)cc2)Cn2ccnc2)cc1. The standard InChI is InChI=1S/C20H20ClFN2O/c21-18-6-1-16(2-7-18)5-10-20(13-24-12-11-23-15-24)25-14-17-3-8-19(22)9-4-17/h1-4,6-9,11-12,15,20H,5,10,13-14H2/t20-/m0/s1.